The molecule has 3 rings (SSSR count). The standard InChI is InChI=1S/C17H21N5O/c1-12-11-15(16(23)20-14-3-4-14)21-17(19-12)22(2)10-7-13-5-8-18-9-6-13/h5-6,8-9,11,14H,3-4,7,10H2,1-2H3,(H,20,23). The Kier molecular flexibility index (Phi) is 4.50. The Morgan fingerprint density at radius 1 is 1.30 bits per heavy atom. The van der Waals surface area contributed by atoms with Crippen LogP contribution < -0.4 is 10.2 Å². The molecule has 6 heteroatoms. The predicted octanol–water partition coefficient (Wildman–Crippen LogP) is 1.75. The summed E-state index contributed by atoms with van der Waals surface area (Å²) in [5.41, 5.74) is 2.45. The van der Waals surface area contributed by atoms with Crippen LogP contribution in [0, 0.1) is 6.92 Å². The van der Waals surface area contributed by atoms with Gasteiger partial charge in [0.15, 0.2) is 0 Å². The van der Waals surface area contributed by atoms with Crippen LogP contribution in [0.25, 0.3) is 0 Å². The predicted molar refractivity (Wildman–Crippen MR) is 88.5 cm³/mol. The van der Waals surface area contributed by atoms with Crippen LogP contribution in [0.4, 0.5) is 5.95 Å². The maximum atomic E-state index is 12.2. The second-order valence-electron chi connectivity index (χ2n) is 5.97. The fourth-order valence-corrected chi connectivity index (χ4v) is 2.27. The topological polar surface area (TPSA) is 71.0 Å². The summed E-state index contributed by atoms with van der Waals surface area (Å²) in [6.07, 6.45) is 6.58. The summed E-state index contributed by atoms with van der Waals surface area (Å²) in [5.74, 6) is 0.474. The van der Waals surface area contributed by atoms with Gasteiger partial charge in [-0.3, -0.25) is 9.78 Å². The van der Waals surface area contributed by atoms with Crippen LogP contribution in [0.1, 0.15) is 34.6 Å². The Labute approximate surface area is 136 Å². The molecular formula is C17H21N5O. The number of anilines is 1. The number of carbonyl (C=O) groups is 1. The van der Waals surface area contributed by atoms with Crippen molar-refractivity contribution in [2.75, 3.05) is 18.5 Å². The Hall–Kier alpha value is -2.50. The molecule has 0 atom stereocenters. The zero-order valence-corrected chi connectivity index (χ0v) is 13.5. The average molecular weight is 311 g/mol. The molecular weight excluding hydrogens is 290 g/mol. The lowest BCUT2D eigenvalue weighted by Crippen LogP contribution is -2.28. The number of pyridine rings is 1. The van der Waals surface area contributed by atoms with E-state index in [1.165, 1.54) is 5.56 Å². The third-order valence-corrected chi connectivity index (χ3v) is 3.81. The Balaban J connectivity index is 1.68. The molecule has 0 radical (unpaired) electrons. The van der Waals surface area contributed by atoms with E-state index in [1.54, 1.807) is 18.5 Å². The van der Waals surface area contributed by atoms with E-state index in [4.69, 9.17) is 0 Å². The highest BCUT2D eigenvalue weighted by Gasteiger charge is 2.24. The molecule has 0 saturated heterocycles. The normalized spacial score (nSPS) is 13.7. The van der Waals surface area contributed by atoms with Crippen LogP contribution in [0.15, 0.2) is 30.6 Å². The first-order valence-corrected chi connectivity index (χ1v) is 7.88. The van der Waals surface area contributed by atoms with Gasteiger partial charge < -0.3 is 10.2 Å². The van der Waals surface area contributed by atoms with Gasteiger partial charge in [-0.2, -0.15) is 0 Å². The molecule has 0 aliphatic heterocycles. The van der Waals surface area contributed by atoms with E-state index in [-0.39, 0.29) is 5.91 Å². The molecule has 0 unspecified atom stereocenters. The lowest BCUT2D eigenvalue weighted by atomic mass is 10.2. The number of nitrogens with zero attached hydrogens (tertiary/aromatic N) is 4. The molecule has 2 heterocycles. The van der Waals surface area contributed by atoms with Gasteiger partial charge in [0, 0.05) is 37.7 Å². The number of hydrogen-bond acceptors (Lipinski definition) is 5. The molecule has 120 valence electrons. The van der Waals surface area contributed by atoms with Crippen molar-refractivity contribution in [3.8, 4) is 0 Å². The fourth-order valence-electron chi connectivity index (χ4n) is 2.27. The number of nitrogens with one attached hydrogen (secondary N) is 1. The highest BCUT2D eigenvalue weighted by molar-refractivity contribution is 5.93. The Bertz CT molecular complexity index is 685. The summed E-state index contributed by atoms with van der Waals surface area (Å²) < 4.78 is 0. The smallest absolute Gasteiger partial charge is 0.270 e. The molecule has 2 aromatic rings. The van der Waals surface area contributed by atoms with Crippen molar-refractivity contribution in [1.29, 1.82) is 0 Å². The monoisotopic (exact) mass is 311 g/mol. The average Bonchev–Trinajstić information content (AvgIpc) is 3.37. The molecule has 6 nitrogen and oxygen atoms in total. The molecule has 1 aliphatic carbocycles. The first-order chi connectivity index (χ1) is 11.1. The van der Waals surface area contributed by atoms with Gasteiger partial charge in [-0.1, -0.05) is 0 Å². The summed E-state index contributed by atoms with van der Waals surface area (Å²) >= 11 is 0. The number of aryl methyl sites for hydroxylation is 1. The molecule has 23 heavy (non-hydrogen) atoms. The Morgan fingerprint density at radius 2 is 2.04 bits per heavy atom. The van der Waals surface area contributed by atoms with Gasteiger partial charge in [0.05, 0.1) is 0 Å². The van der Waals surface area contributed by atoms with Crippen molar-refractivity contribution in [2.24, 2.45) is 0 Å². The van der Waals surface area contributed by atoms with Gasteiger partial charge in [-0.25, -0.2) is 9.97 Å². The van der Waals surface area contributed by atoms with Gasteiger partial charge in [0.2, 0.25) is 5.95 Å². The van der Waals surface area contributed by atoms with Crippen LogP contribution in [0.2, 0.25) is 0 Å². The molecule has 1 aliphatic rings. The summed E-state index contributed by atoms with van der Waals surface area (Å²) in [5, 5.41) is 2.97. The fraction of sp³-hybridized carbons (Fsp3) is 0.412. The van der Waals surface area contributed by atoms with Crippen LogP contribution in [0.3, 0.4) is 0 Å². The highest BCUT2D eigenvalue weighted by atomic mass is 16.2. The largest absolute Gasteiger partial charge is 0.348 e. The summed E-state index contributed by atoms with van der Waals surface area (Å²) in [4.78, 5) is 27.0. The number of hydrogen-bond donors (Lipinski definition) is 1. The van der Waals surface area contributed by atoms with Gasteiger partial charge in [-0.05, 0) is 49.9 Å². The zero-order valence-electron chi connectivity index (χ0n) is 13.5. The number of likely N-dealkylation sites (N-methyl/N-ethyl adjacent to an activating group) is 1. The molecule has 1 amide bonds. The maximum Gasteiger partial charge on any atom is 0.270 e. The van der Waals surface area contributed by atoms with Crippen LogP contribution in [-0.4, -0.2) is 40.5 Å². The third kappa shape index (κ3) is 4.25. The minimum absolute atomic E-state index is 0.109. The van der Waals surface area contributed by atoms with E-state index in [2.05, 4.69) is 20.3 Å². The minimum Gasteiger partial charge on any atom is -0.348 e. The zero-order chi connectivity index (χ0) is 16.2. The summed E-state index contributed by atoms with van der Waals surface area (Å²) in [6.45, 7) is 2.66. The second-order valence-corrected chi connectivity index (χ2v) is 5.97. The molecule has 1 N–H and O–H groups in total. The summed E-state index contributed by atoms with van der Waals surface area (Å²) in [6, 6.07) is 6.06. The number of carbonyl (C=O) groups excluding carboxylic acids is 1. The van der Waals surface area contributed by atoms with E-state index >= 15 is 0 Å². The van der Waals surface area contributed by atoms with Crippen LogP contribution >= 0.6 is 0 Å². The molecule has 0 spiro atoms. The number of aromatic nitrogens is 3. The first-order valence-electron chi connectivity index (χ1n) is 7.88. The van der Waals surface area contributed by atoms with Gasteiger partial charge >= 0.3 is 0 Å². The van der Waals surface area contributed by atoms with Crippen LogP contribution in [-0.2, 0) is 6.42 Å². The minimum atomic E-state index is -0.109. The quantitative estimate of drug-likeness (QED) is 0.880. The van der Waals surface area contributed by atoms with Crippen molar-refractivity contribution in [3.05, 3.63) is 47.5 Å². The highest BCUT2D eigenvalue weighted by Crippen LogP contribution is 2.19. The molecule has 1 saturated carbocycles. The van der Waals surface area contributed by atoms with E-state index in [0.29, 0.717) is 17.7 Å². The van der Waals surface area contributed by atoms with E-state index in [9.17, 15) is 4.79 Å². The molecule has 0 aromatic carbocycles. The van der Waals surface area contributed by atoms with E-state index in [0.717, 1.165) is 31.5 Å². The molecule has 1 fully saturated rings. The Morgan fingerprint density at radius 3 is 2.74 bits per heavy atom. The van der Waals surface area contributed by atoms with Crippen molar-refractivity contribution >= 4 is 11.9 Å². The van der Waals surface area contributed by atoms with Crippen LogP contribution in [0.5, 0.6) is 0 Å². The van der Waals surface area contributed by atoms with Crippen molar-refractivity contribution in [2.45, 2.75) is 32.2 Å². The van der Waals surface area contributed by atoms with Gasteiger partial charge in [0.1, 0.15) is 5.69 Å². The lowest BCUT2D eigenvalue weighted by Gasteiger charge is -2.18. The maximum absolute atomic E-state index is 12.2. The first kappa shape index (κ1) is 15.4. The number of amides is 1. The van der Waals surface area contributed by atoms with E-state index < -0.39 is 0 Å². The summed E-state index contributed by atoms with van der Waals surface area (Å²) in [7, 11) is 1.94. The lowest BCUT2D eigenvalue weighted by molar-refractivity contribution is 0.0946. The SMILES string of the molecule is Cc1cc(C(=O)NC2CC2)nc(N(C)CCc2ccncc2)n1. The van der Waals surface area contributed by atoms with Gasteiger partial charge in [0.25, 0.3) is 5.91 Å². The van der Waals surface area contributed by atoms with Crippen molar-refractivity contribution in [1.82, 2.24) is 20.3 Å². The molecule has 2 aromatic heterocycles. The van der Waals surface area contributed by atoms with Crippen molar-refractivity contribution < 1.29 is 4.79 Å². The van der Waals surface area contributed by atoms with Crippen molar-refractivity contribution in [3.63, 3.8) is 0 Å². The van der Waals surface area contributed by atoms with Gasteiger partial charge in [-0.15, -0.1) is 0 Å². The number of rotatable bonds is 6. The third-order valence-electron chi connectivity index (χ3n) is 3.81. The second kappa shape index (κ2) is 6.73. The molecule has 0 bridgehead atoms. The van der Waals surface area contributed by atoms with E-state index in [1.807, 2.05) is 31.0 Å².